The van der Waals surface area contributed by atoms with Crippen LogP contribution in [0, 0.1) is 5.92 Å². The highest BCUT2D eigenvalue weighted by atomic mass is 15.2. The molecule has 1 aliphatic heterocycles. The van der Waals surface area contributed by atoms with Gasteiger partial charge in [0.25, 0.3) is 0 Å². The van der Waals surface area contributed by atoms with Crippen molar-refractivity contribution in [1.29, 1.82) is 0 Å². The molecule has 1 saturated heterocycles. The highest BCUT2D eigenvalue weighted by Crippen LogP contribution is 2.20. The van der Waals surface area contributed by atoms with Gasteiger partial charge in [0.1, 0.15) is 0 Å². The Balaban J connectivity index is 2.41. The van der Waals surface area contributed by atoms with Crippen LogP contribution < -0.4 is 5.32 Å². The van der Waals surface area contributed by atoms with Crippen LogP contribution in [0.15, 0.2) is 0 Å². The standard InChI is InChI=1S/C15H32N2/c1-5-10-16-14(4)15-8-6-7-11-17(15)12-9-13(2)3/h13-16H,5-12H2,1-4H3. The van der Waals surface area contributed by atoms with Crippen molar-refractivity contribution in [3.05, 3.63) is 0 Å². The van der Waals surface area contributed by atoms with Crippen LogP contribution in [0.3, 0.4) is 0 Å². The molecular weight excluding hydrogens is 208 g/mol. The van der Waals surface area contributed by atoms with Gasteiger partial charge in [0.2, 0.25) is 0 Å². The number of nitrogens with one attached hydrogen (secondary N) is 1. The molecule has 2 heteroatoms. The molecule has 0 aromatic carbocycles. The highest BCUT2D eigenvalue weighted by Gasteiger charge is 2.26. The maximum absolute atomic E-state index is 3.68. The topological polar surface area (TPSA) is 15.3 Å². The van der Waals surface area contributed by atoms with E-state index in [1.165, 1.54) is 45.2 Å². The fourth-order valence-electron chi connectivity index (χ4n) is 2.79. The molecule has 1 rings (SSSR count). The van der Waals surface area contributed by atoms with Crippen molar-refractivity contribution in [2.75, 3.05) is 19.6 Å². The molecule has 2 nitrogen and oxygen atoms in total. The van der Waals surface area contributed by atoms with E-state index in [-0.39, 0.29) is 0 Å². The van der Waals surface area contributed by atoms with Crippen LogP contribution in [-0.4, -0.2) is 36.6 Å². The first-order chi connectivity index (χ1) is 8.15. The van der Waals surface area contributed by atoms with Gasteiger partial charge in [-0.2, -0.15) is 0 Å². The third-order valence-corrected chi connectivity index (χ3v) is 3.95. The molecule has 0 saturated carbocycles. The maximum Gasteiger partial charge on any atom is 0.0246 e. The summed E-state index contributed by atoms with van der Waals surface area (Å²) in [4.78, 5) is 2.73. The molecule has 1 aliphatic rings. The van der Waals surface area contributed by atoms with E-state index in [1.807, 2.05) is 0 Å². The first-order valence-electron chi connectivity index (χ1n) is 7.62. The van der Waals surface area contributed by atoms with E-state index in [1.54, 1.807) is 0 Å². The molecule has 0 radical (unpaired) electrons. The molecule has 1 heterocycles. The minimum Gasteiger partial charge on any atom is -0.313 e. The van der Waals surface area contributed by atoms with Crippen LogP contribution in [0.4, 0.5) is 0 Å². The molecule has 0 aliphatic carbocycles. The molecule has 2 unspecified atom stereocenters. The van der Waals surface area contributed by atoms with E-state index in [0.29, 0.717) is 6.04 Å². The predicted molar refractivity (Wildman–Crippen MR) is 76.4 cm³/mol. The molecule has 0 bridgehead atoms. The van der Waals surface area contributed by atoms with Gasteiger partial charge in [-0.3, -0.25) is 4.90 Å². The highest BCUT2D eigenvalue weighted by molar-refractivity contribution is 4.85. The Bertz CT molecular complexity index is 191. The predicted octanol–water partition coefficient (Wildman–Crippen LogP) is 3.28. The Morgan fingerprint density at radius 3 is 2.65 bits per heavy atom. The first kappa shape index (κ1) is 15.0. The van der Waals surface area contributed by atoms with Crippen LogP contribution in [0.2, 0.25) is 0 Å². The van der Waals surface area contributed by atoms with Gasteiger partial charge in [-0.15, -0.1) is 0 Å². The Morgan fingerprint density at radius 1 is 1.24 bits per heavy atom. The van der Waals surface area contributed by atoms with Gasteiger partial charge in [0, 0.05) is 12.1 Å². The third-order valence-electron chi connectivity index (χ3n) is 3.95. The lowest BCUT2D eigenvalue weighted by atomic mass is 9.95. The van der Waals surface area contributed by atoms with Crippen LogP contribution in [0.25, 0.3) is 0 Å². The van der Waals surface area contributed by atoms with Gasteiger partial charge in [-0.1, -0.05) is 27.2 Å². The lowest BCUT2D eigenvalue weighted by molar-refractivity contribution is 0.113. The summed E-state index contributed by atoms with van der Waals surface area (Å²) in [6.45, 7) is 13.0. The molecule has 1 N–H and O–H groups in total. The van der Waals surface area contributed by atoms with Crippen LogP contribution in [-0.2, 0) is 0 Å². The molecule has 0 aromatic rings. The maximum atomic E-state index is 3.68. The summed E-state index contributed by atoms with van der Waals surface area (Å²) in [5.41, 5.74) is 0. The summed E-state index contributed by atoms with van der Waals surface area (Å²) in [6, 6.07) is 1.43. The molecular formula is C15H32N2. The van der Waals surface area contributed by atoms with E-state index in [9.17, 15) is 0 Å². The molecule has 1 fully saturated rings. The van der Waals surface area contributed by atoms with Gasteiger partial charge in [0.05, 0.1) is 0 Å². The van der Waals surface area contributed by atoms with Crippen molar-refractivity contribution in [2.24, 2.45) is 5.92 Å². The largest absolute Gasteiger partial charge is 0.313 e. The molecule has 102 valence electrons. The minimum atomic E-state index is 0.655. The van der Waals surface area contributed by atoms with Crippen LogP contribution in [0.1, 0.15) is 59.8 Å². The van der Waals surface area contributed by atoms with Crippen molar-refractivity contribution >= 4 is 0 Å². The van der Waals surface area contributed by atoms with Gasteiger partial charge >= 0.3 is 0 Å². The number of likely N-dealkylation sites (tertiary alicyclic amines) is 1. The second kappa shape index (κ2) is 8.10. The van der Waals surface area contributed by atoms with Crippen molar-refractivity contribution in [3.63, 3.8) is 0 Å². The zero-order valence-corrected chi connectivity index (χ0v) is 12.3. The van der Waals surface area contributed by atoms with Gasteiger partial charge in [0.15, 0.2) is 0 Å². The Hall–Kier alpha value is -0.0800. The zero-order valence-electron chi connectivity index (χ0n) is 12.3. The van der Waals surface area contributed by atoms with Gasteiger partial charge in [-0.05, 0) is 58.2 Å². The normalized spacial score (nSPS) is 24.2. The fourth-order valence-corrected chi connectivity index (χ4v) is 2.79. The SMILES string of the molecule is CCCNC(C)C1CCCCN1CCC(C)C. The van der Waals surface area contributed by atoms with E-state index in [2.05, 4.69) is 37.9 Å². The smallest absolute Gasteiger partial charge is 0.0246 e. The number of piperidine rings is 1. The van der Waals surface area contributed by atoms with E-state index in [4.69, 9.17) is 0 Å². The number of nitrogens with zero attached hydrogens (tertiary/aromatic N) is 1. The van der Waals surface area contributed by atoms with E-state index >= 15 is 0 Å². The second-order valence-corrected chi connectivity index (χ2v) is 6.02. The second-order valence-electron chi connectivity index (χ2n) is 6.02. The molecule has 0 amide bonds. The number of hydrogen-bond acceptors (Lipinski definition) is 2. The molecule has 0 aromatic heterocycles. The first-order valence-corrected chi connectivity index (χ1v) is 7.62. The fraction of sp³-hybridized carbons (Fsp3) is 1.00. The Morgan fingerprint density at radius 2 is 2.00 bits per heavy atom. The van der Waals surface area contributed by atoms with Crippen LogP contribution in [0.5, 0.6) is 0 Å². The third kappa shape index (κ3) is 5.39. The van der Waals surface area contributed by atoms with E-state index < -0.39 is 0 Å². The molecule has 0 spiro atoms. The Kier molecular flexibility index (Phi) is 7.14. The summed E-state index contributed by atoms with van der Waals surface area (Å²) in [7, 11) is 0. The van der Waals surface area contributed by atoms with Gasteiger partial charge < -0.3 is 5.32 Å². The average molecular weight is 240 g/mol. The number of hydrogen-bond donors (Lipinski definition) is 1. The lowest BCUT2D eigenvalue weighted by Crippen LogP contribution is -2.51. The summed E-state index contributed by atoms with van der Waals surface area (Å²) in [6.07, 6.45) is 6.78. The van der Waals surface area contributed by atoms with Crippen molar-refractivity contribution in [1.82, 2.24) is 10.2 Å². The monoisotopic (exact) mass is 240 g/mol. The summed E-state index contributed by atoms with van der Waals surface area (Å²) >= 11 is 0. The van der Waals surface area contributed by atoms with Crippen LogP contribution >= 0.6 is 0 Å². The summed E-state index contributed by atoms with van der Waals surface area (Å²) in [5, 5.41) is 3.68. The van der Waals surface area contributed by atoms with Crippen molar-refractivity contribution in [3.8, 4) is 0 Å². The minimum absolute atomic E-state index is 0.655. The summed E-state index contributed by atoms with van der Waals surface area (Å²) in [5.74, 6) is 0.830. The van der Waals surface area contributed by atoms with Crippen molar-refractivity contribution in [2.45, 2.75) is 71.9 Å². The summed E-state index contributed by atoms with van der Waals surface area (Å²) < 4.78 is 0. The van der Waals surface area contributed by atoms with Gasteiger partial charge in [-0.25, -0.2) is 0 Å². The Labute approximate surface area is 108 Å². The average Bonchev–Trinajstić information content (AvgIpc) is 2.33. The zero-order chi connectivity index (χ0) is 12.7. The number of rotatable bonds is 7. The van der Waals surface area contributed by atoms with Crippen molar-refractivity contribution < 1.29 is 0 Å². The quantitative estimate of drug-likeness (QED) is 0.735. The lowest BCUT2D eigenvalue weighted by Gasteiger charge is -2.40. The molecule has 17 heavy (non-hydrogen) atoms. The molecule has 2 atom stereocenters. The van der Waals surface area contributed by atoms with E-state index in [0.717, 1.165) is 18.5 Å².